The van der Waals surface area contributed by atoms with Gasteiger partial charge in [-0.25, -0.2) is 0 Å². The van der Waals surface area contributed by atoms with E-state index >= 15 is 0 Å². The smallest absolute Gasteiger partial charge is 0.0116 e. The second kappa shape index (κ2) is 6.17. The van der Waals surface area contributed by atoms with Crippen molar-refractivity contribution in [2.24, 2.45) is 5.73 Å². The van der Waals surface area contributed by atoms with Crippen molar-refractivity contribution < 1.29 is 0 Å². The summed E-state index contributed by atoms with van der Waals surface area (Å²) in [5.41, 5.74) is 5.25. The second-order valence-corrected chi connectivity index (χ2v) is 3.70. The second-order valence-electron chi connectivity index (χ2n) is 2.09. The van der Waals surface area contributed by atoms with E-state index in [-0.39, 0.29) is 0 Å². The van der Waals surface area contributed by atoms with Crippen LogP contribution in [0, 0.1) is 0 Å². The van der Waals surface area contributed by atoms with Gasteiger partial charge >= 0.3 is 0 Å². The predicted molar refractivity (Wildman–Crippen MR) is 45.8 cm³/mol. The van der Waals surface area contributed by atoms with Gasteiger partial charge in [-0.15, -0.1) is 0 Å². The van der Waals surface area contributed by atoms with E-state index in [4.69, 9.17) is 5.73 Å². The summed E-state index contributed by atoms with van der Waals surface area (Å²) in [6.45, 7) is 5.06. The zero-order valence-electron chi connectivity index (χ0n) is 6.13. The molecule has 0 bridgehead atoms. The van der Waals surface area contributed by atoms with Crippen LogP contribution in [0.2, 0.25) is 0 Å². The number of hydrogen-bond acceptors (Lipinski definition) is 2. The lowest BCUT2D eigenvalue weighted by Crippen LogP contribution is -1.93. The molecular formula is C7H15NS. The Morgan fingerprint density at radius 2 is 2.11 bits per heavy atom. The fourth-order valence-electron chi connectivity index (χ4n) is 0.412. The fraction of sp³-hybridized carbons (Fsp3) is 0.714. The normalized spacial score (nSPS) is 11.6. The average Bonchev–Trinajstić information content (AvgIpc) is 1.80. The fourth-order valence-corrected chi connectivity index (χ4v) is 1.04. The Balaban J connectivity index is 2.99. The SMILES string of the molecule is CC(C)SCC=CCN. The van der Waals surface area contributed by atoms with Gasteiger partial charge in [-0.2, -0.15) is 11.8 Å². The maximum Gasteiger partial charge on any atom is 0.0116 e. The first-order chi connectivity index (χ1) is 4.27. The first-order valence-corrected chi connectivity index (χ1v) is 4.29. The minimum absolute atomic E-state index is 0.665. The Hall–Kier alpha value is 0.0500. The third kappa shape index (κ3) is 8.05. The molecule has 0 aliphatic carbocycles. The lowest BCUT2D eigenvalue weighted by molar-refractivity contribution is 1.11. The Morgan fingerprint density at radius 3 is 2.56 bits per heavy atom. The zero-order valence-corrected chi connectivity index (χ0v) is 6.95. The first-order valence-electron chi connectivity index (χ1n) is 3.24. The monoisotopic (exact) mass is 145 g/mol. The minimum atomic E-state index is 0.665. The largest absolute Gasteiger partial charge is 0.327 e. The highest BCUT2D eigenvalue weighted by atomic mass is 32.2. The molecule has 0 saturated heterocycles. The van der Waals surface area contributed by atoms with E-state index in [1.807, 2.05) is 17.8 Å². The molecule has 0 atom stereocenters. The molecule has 2 heteroatoms. The molecule has 0 unspecified atom stereocenters. The summed E-state index contributed by atoms with van der Waals surface area (Å²) >= 11 is 1.93. The van der Waals surface area contributed by atoms with Crippen LogP contribution >= 0.6 is 11.8 Å². The van der Waals surface area contributed by atoms with Gasteiger partial charge < -0.3 is 5.73 Å². The predicted octanol–water partition coefficient (Wildman–Crippen LogP) is 1.64. The molecule has 0 saturated carbocycles. The molecule has 0 aliphatic rings. The van der Waals surface area contributed by atoms with E-state index in [2.05, 4.69) is 19.9 Å². The van der Waals surface area contributed by atoms with Gasteiger partial charge in [-0.1, -0.05) is 26.0 Å². The summed E-state index contributed by atoms with van der Waals surface area (Å²) in [5.74, 6) is 1.09. The molecular weight excluding hydrogens is 130 g/mol. The molecule has 0 spiro atoms. The first kappa shape index (κ1) is 9.05. The van der Waals surface area contributed by atoms with E-state index in [9.17, 15) is 0 Å². The van der Waals surface area contributed by atoms with E-state index in [1.54, 1.807) is 0 Å². The highest BCUT2D eigenvalue weighted by Gasteiger charge is 1.88. The topological polar surface area (TPSA) is 26.0 Å². The lowest BCUT2D eigenvalue weighted by atomic mass is 10.5. The van der Waals surface area contributed by atoms with Gasteiger partial charge in [0.1, 0.15) is 0 Å². The minimum Gasteiger partial charge on any atom is -0.327 e. The van der Waals surface area contributed by atoms with Crippen molar-refractivity contribution in [2.45, 2.75) is 19.1 Å². The number of nitrogens with two attached hydrogens (primary N) is 1. The Labute approximate surface area is 61.7 Å². The molecule has 0 amide bonds. The van der Waals surface area contributed by atoms with Crippen molar-refractivity contribution in [1.29, 1.82) is 0 Å². The Bertz CT molecular complexity index is 79.0. The van der Waals surface area contributed by atoms with E-state index < -0.39 is 0 Å². The van der Waals surface area contributed by atoms with Crippen LogP contribution in [0.3, 0.4) is 0 Å². The third-order valence-corrected chi connectivity index (χ3v) is 1.88. The Kier molecular flexibility index (Phi) is 6.21. The number of hydrogen-bond donors (Lipinski definition) is 1. The zero-order chi connectivity index (χ0) is 7.11. The van der Waals surface area contributed by atoms with Crippen LogP contribution < -0.4 is 5.73 Å². The Morgan fingerprint density at radius 1 is 1.44 bits per heavy atom. The van der Waals surface area contributed by atoms with E-state index in [0.29, 0.717) is 6.54 Å². The quantitative estimate of drug-likeness (QED) is 0.609. The summed E-state index contributed by atoms with van der Waals surface area (Å²) in [7, 11) is 0. The maximum atomic E-state index is 5.25. The van der Waals surface area contributed by atoms with Crippen LogP contribution in [0.4, 0.5) is 0 Å². The molecule has 0 aliphatic heterocycles. The molecule has 0 radical (unpaired) electrons. The molecule has 0 aromatic heterocycles. The molecule has 0 fully saturated rings. The van der Waals surface area contributed by atoms with Gasteiger partial charge in [0.2, 0.25) is 0 Å². The van der Waals surface area contributed by atoms with Crippen LogP contribution in [0.15, 0.2) is 12.2 Å². The van der Waals surface area contributed by atoms with Gasteiger partial charge in [0.15, 0.2) is 0 Å². The van der Waals surface area contributed by atoms with Crippen molar-refractivity contribution in [3.8, 4) is 0 Å². The van der Waals surface area contributed by atoms with Crippen LogP contribution in [0.5, 0.6) is 0 Å². The molecule has 0 heterocycles. The summed E-state index contributed by atoms with van der Waals surface area (Å²) in [5, 5.41) is 0.729. The van der Waals surface area contributed by atoms with Crippen molar-refractivity contribution in [2.75, 3.05) is 12.3 Å². The highest BCUT2D eigenvalue weighted by Crippen LogP contribution is 2.07. The van der Waals surface area contributed by atoms with E-state index in [0.717, 1.165) is 11.0 Å². The van der Waals surface area contributed by atoms with Gasteiger partial charge in [0.25, 0.3) is 0 Å². The highest BCUT2D eigenvalue weighted by molar-refractivity contribution is 7.99. The molecule has 2 N–H and O–H groups in total. The van der Waals surface area contributed by atoms with Gasteiger partial charge in [-0.3, -0.25) is 0 Å². The summed E-state index contributed by atoms with van der Waals surface area (Å²) in [4.78, 5) is 0. The van der Waals surface area contributed by atoms with Crippen molar-refractivity contribution in [3.63, 3.8) is 0 Å². The van der Waals surface area contributed by atoms with Crippen molar-refractivity contribution >= 4 is 11.8 Å². The van der Waals surface area contributed by atoms with Crippen molar-refractivity contribution in [3.05, 3.63) is 12.2 Å². The van der Waals surface area contributed by atoms with Crippen LogP contribution in [-0.4, -0.2) is 17.5 Å². The lowest BCUT2D eigenvalue weighted by Gasteiger charge is -1.98. The van der Waals surface area contributed by atoms with Crippen molar-refractivity contribution in [1.82, 2.24) is 0 Å². The van der Waals surface area contributed by atoms with Crippen LogP contribution in [0.25, 0.3) is 0 Å². The molecule has 0 aromatic rings. The molecule has 0 aromatic carbocycles. The van der Waals surface area contributed by atoms with E-state index in [1.165, 1.54) is 0 Å². The number of thioether (sulfide) groups is 1. The summed E-state index contributed by atoms with van der Waals surface area (Å²) in [6.07, 6.45) is 4.11. The number of rotatable bonds is 4. The summed E-state index contributed by atoms with van der Waals surface area (Å²) < 4.78 is 0. The van der Waals surface area contributed by atoms with Gasteiger partial charge in [0.05, 0.1) is 0 Å². The molecule has 1 nitrogen and oxygen atoms in total. The van der Waals surface area contributed by atoms with Gasteiger partial charge in [-0.05, 0) is 5.25 Å². The average molecular weight is 145 g/mol. The standard InChI is InChI=1S/C7H15NS/c1-7(2)9-6-4-3-5-8/h3-4,7H,5-6,8H2,1-2H3. The van der Waals surface area contributed by atoms with Crippen LogP contribution in [-0.2, 0) is 0 Å². The molecule has 0 rings (SSSR count). The third-order valence-electron chi connectivity index (χ3n) is 0.829. The van der Waals surface area contributed by atoms with Crippen LogP contribution in [0.1, 0.15) is 13.8 Å². The molecule has 54 valence electrons. The van der Waals surface area contributed by atoms with Gasteiger partial charge in [0, 0.05) is 12.3 Å². The molecule has 9 heavy (non-hydrogen) atoms. The maximum absolute atomic E-state index is 5.25. The summed E-state index contributed by atoms with van der Waals surface area (Å²) in [6, 6.07) is 0.